The second-order valence-electron chi connectivity index (χ2n) is 6.64. The summed E-state index contributed by atoms with van der Waals surface area (Å²) >= 11 is 0. The molecule has 0 amide bonds. The van der Waals surface area contributed by atoms with Crippen LogP contribution in [-0.4, -0.2) is 89.6 Å². The van der Waals surface area contributed by atoms with Crippen molar-refractivity contribution in [2.75, 3.05) is 42.7 Å². The van der Waals surface area contributed by atoms with E-state index in [4.69, 9.17) is 43.6 Å². The van der Waals surface area contributed by atoms with Crippen LogP contribution in [0.5, 0.6) is 0 Å². The van der Waals surface area contributed by atoms with Gasteiger partial charge in [-0.2, -0.15) is 0 Å². The normalized spacial score (nSPS) is 13.8. The smallest absolute Gasteiger partial charge is 0.455 e. The molecular weight excluding hydrogens is 517 g/mol. The second-order valence-corrected chi connectivity index (χ2v) is 18.2. The van der Waals surface area contributed by atoms with Gasteiger partial charge in [-0.3, -0.25) is 0 Å². The van der Waals surface area contributed by atoms with Gasteiger partial charge < -0.3 is 43.6 Å². The van der Waals surface area contributed by atoms with Gasteiger partial charge in [-0.25, -0.2) is 4.79 Å². The minimum absolute atomic E-state index is 0.156. The van der Waals surface area contributed by atoms with Crippen molar-refractivity contribution in [3.63, 3.8) is 0 Å². The lowest BCUT2D eigenvalue weighted by molar-refractivity contribution is -0.143. The van der Waals surface area contributed by atoms with E-state index in [-0.39, 0.29) is 12.0 Å². The van der Waals surface area contributed by atoms with Crippen LogP contribution in [0.3, 0.4) is 0 Å². The Hall–Kier alpha value is -1.06. The zero-order chi connectivity index (χ0) is 26.6. The van der Waals surface area contributed by atoms with Crippen molar-refractivity contribution < 1.29 is 48.4 Å². The van der Waals surface area contributed by atoms with Gasteiger partial charge in [-0.15, -0.1) is 0 Å². The SMILES string of the molecule is C=C[Si](OC)(OC)O[Si](O[Si](C=C)(OC)OC)(O[Si](C=C)(OC)OC)C(CC)OC(=O)C(=C)C. The Labute approximate surface area is 207 Å². The summed E-state index contributed by atoms with van der Waals surface area (Å²) in [4.78, 5) is 12.6. The predicted molar refractivity (Wildman–Crippen MR) is 134 cm³/mol. The molecule has 0 heterocycles. The topological polar surface area (TPSA) is 109 Å². The maximum atomic E-state index is 12.6. The molecule has 196 valence electrons. The average Bonchev–Trinajstić information content (AvgIpc) is 2.87. The third-order valence-electron chi connectivity index (χ3n) is 4.67. The Morgan fingerprint density at radius 1 is 0.735 bits per heavy atom. The highest BCUT2D eigenvalue weighted by molar-refractivity contribution is 6.88. The molecule has 34 heavy (non-hydrogen) atoms. The van der Waals surface area contributed by atoms with Crippen LogP contribution in [-0.2, 0) is 48.4 Å². The zero-order valence-corrected chi connectivity index (χ0v) is 25.3. The highest BCUT2D eigenvalue weighted by atomic mass is 28.5. The molecule has 0 aliphatic rings. The monoisotopic (exact) mass is 554 g/mol. The third kappa shape index (κ3) is 7.72. The van der Waals surface area contributed by atoms with E-state index < -0.39 is 46.9 Å². The van der Waals surface area contributed by atoms with E-state index >= 15 is 0 Å². The van der Waals surface area contributed by atoms with Crippen molar-refractivity contribution in [2.45, 2.75) is 26.0 Å². The van der Waals surface area contributed by atoms with E-state index in [1.165, 1.54) is 66.7 Å². The fourth-order valence-corrected chi connectivity index (χ4v) is 15.8. The van der Waals surface area contributed by atoms with E-state index in [9.17, 15) is 4.79 Å². The number of rotatable bonds is 19. The van der Waals surface area contributed by atoms with E-state index in [1.807, 2.05) is 0 Å². The van der Waals surface area contributed by atoms with Crippen LogP contribution in [0.2, 0.25) is 0 Å². The van der Waals surface area contributed by atoms with Gasteiger partial charge in [0, 0.05) is 48.2 Å². The predicted octanol–water partition coefficient (Wildman–Crippen LogP) is 2.28. The van der Waals surface area contributed by atoms with Crippen LogP contribution < -0.4 is 0 Å². The molecule has 0 rings (SSSR count). The lowest BCUT2D eigenvalue weighted by Gasteiger charge is -2.44. The summed E-state index contributed by atoms with van der Waals surface area (Å²) in [5.74, 6) is -0.693. The fourth-order valence-electron chi connectivity index (χ4n) is 2.61. The van der Waals surface area contributed by atoms with Gasteiger partial charge in [0.15, 0.2) is 5.73 Å². The summed E-state index contributed by atoms with van der Waals surface area (Å²) in [6.45, 7) is 18.2. The molecule has 1 atom stereocenters. The largest absolute Gasteiger partial charge is 0.522 e. The number of hydrogen-bond acceptors (Lipinski definition) is 11. The number of carbonyl (C=O) groups excluding carboxylic acids is 1. The van der Waals surface area contributed by atoms with Crippen LogP contribution in [0.25, 0.3) is 0 Å². The molecule has 0 aliphatic heterocycles. The van der Waals surface area contributed by atoms with E-state index in [0.29, 0.717) is 0 Å². The first-order chi connectivity index (χ1) is 16.0. The maximum Gasteiger partial charge on any atom is 0.522 e. The van der Waals surface area contributed by atoms with Crippen molar-refractivity contribution >= 4 is 41.2 Å². The minimum Gasteiger partial charge on any atom is -0.455 e. The van der Waals surface area contributed by atoms with Crippen molar-refractivity contribution in [2.24, 2.45) is 0 Å². The molecule has 0 bridgehead atoms. The number of hydrogen-bond donors (Lipinski definition) is 0. The second kappa shape index (κ2) is 14.5. The Morgan fingerprint density at radius 2 is 1.03 bits per heavy atom. The summed E-state index contributed by atoms with van der Waals surface area (Å²) in [5.41, 5.74) is 3.17. The van der Waals surface area contributed by atoms with Crippen LogP contribution >= 0.6 is 0 Å². The third-order valence-corrected chi connectivity index (χ3v) is 17.7. The molecule has 0 N–H and O–H groups in total. The van der Waals surface area contributed by atoms with E-state index in [0.717, 1.165) is 0 Å². The molecule has 11 nitrogen and oxygen atoms in total. The molecule has 0 fully saturated rings. The van der Waals surface area contributed by atoms with Crippen LogP contribution in [0.4, 0.5) is 0 Å². The first-order valence-corrected chi connectivity index (χ1v) is 17.3. The van der Waals surface area contributed by atoms with E-state index in [2.05, 4.69) is 26.3 Å². The summed E-state index contributed by atoms with van der Waals surface area (Å²) in [7, 11) is -7.11. The standard InChI is InChI=1S/C19H38O11Si4/c1-13-18(27-19(20)17(5)6)34(28-31(14-2,21-7)22-8,29-32(15-3,23-9)24-10)30-33(16-4,25-11)26-12/h14-16,18H,2-5,13H2,1,6-12H3. The molecule has 15 heteroatoms. The number of ether oxygens (including phenoxy) is 1. The summed E-state index contributed by atoms with van der Waals surface area (Å²) in [6, 6.07) is 0. The molecule has 0 spiro atoms. The number of carbonyl (C=O) groups is 1. The van der Waals surface area contributed by atoms with Crippen LogP contribution in [0.1, 0.15) is 20.3 Å². The highest BCUT2D eigenvalue weighted by Gasteiger charge is 2.66. The highest BCUT2D eigenvalue weighted by Crippen LogP contribution is 2.33. The molecule has 0 saturated carbocycles. The maximum absolute atomic E-state index is 12.6. The van der Waals surface area contributed by atoms with Gasteiger partial charge in [-0.1, -0.05) is 33.2 Å². The number of esters is 1. The summed E-state index contributed by atoms with van der Waals surface area (Å²) < 4.78 is 58.6. The summed E-state index contributed by atoms with van der Waals surface area (Å²) in [6.07, 6.45) is 0.185. The molecular formula is C19H38O11Si4. The minimum atomic E-state index is -4.39. The van der Waals surface area contributed by atoms with Gasteiger partial charge in [-0.05, 0) is 30.4 Å². The molecule has 0 aromatic rings. The fraction of sp³-hybridized carbons (Fsp3) is 0.526. The van der Waals surface area contributed by atoms with Gasteiger partial charge in [0.05, 0.1) is 0 Å². The molecule has 0 aromatic carbocycles. The first-order valence-electron chi connectivity index (χ1n) is 10.1. The first kappa shape index (κ1) is 32.9. The van der Waals surface area contributed by atoms with Crippen LogP contribution in [0.15, 0.2) is 49.0 Å². The van der Waals surface area contributed by atoms with Gasteiger partial charge in [0.25, 0.3) is 0 Å². The van der Waals surface area contributed by atoms with Crippen molar-refractivity contribution in [1.82, 2.24) is 0 Å². The lowest BCUT2D eigenvalue weighted by atomic mass is 10.4. The Bertz CT molecular complexity index is 642. The Kier molecular flexibility index (Phi) is 14.0. The lowest BCUT2D eigenvalue weighted by Crippen LogP contribution is -2.72. The van der Waals surface area contributed by atoms with Crippen molar-refractivity contribution in [3.05, 3.63) is 49.0 Å². The average molecular weight is 555 g/mol. The summed E-state index contributed by atoms with van der Waals surface area (Å²) in [5, 5.41) is 0. The van der Waals surface area contributed by atoms with Crippen molar-refractivity contribution in [1.29, 1.82) is 0 Å². The van der Waals surface area contributed by atoms with Gasteiger partial charge >= 0.3 is 41.2 Å². The Morgan fingerprint density at radius 3 is 1.21 bits per heavy atom. The van der Waals surface area contributed by atoms with Gasteiger partial charge in [0.2, 0.25) is 0 Å². The van der Waals surface area contributed by atoms with Crippen LogP contribution in [0, 0.1) is 0 Å². The molecule has 1 unspecified atom stereocenters. The molecule has 0 radical (unpaired) electrons. The van der Waals surface area contributed by atoms with Crippen molar-refractivity contribution in [3.8, 4) is 0 Å². The van der Waals surface area contributed by atoms with E-state index in [1.54, 1.807) is 6.92 Å². The molecule has 0 saturated heterocycles. The van der Waals surface area contributed by atoms with Gasteiger partial charge in [0.1, 0.15) is 0 Å². The Balaban J connectivity index is 7.31. The molecule has 0 aromatic heterocycles. The molecule has 0 aliphatic carbocycles. The quantitative estimate of drug-likeness (QED) is 0.133. The zero-order valence-electron chi connectivity index (χ0n) is 21.3.